The molecule has 116 valence electrons. The van der Waals surface area contributed by atoms with Gasteiger partial charge in [0.05, 0.1) is 12.3 Å². The number of methoxy groups -OCH3 is 1. The molecular weight excluding hydrogens is 278 g/mol. The van der Waals surface area contributed by atoms with E-state index in [1.54, 1.807) is 19.9 Å². The Bertz CT molecular complexity index is 442. The third kappa shape index (κ3) is 7.17. The van der Waals surface area contributed by atoms with Crippen LogP contribution in [0.15, 0.2) is 0 Å². The summed E-state index contributed by atoms with van der Waals surface area (Å²) in [5.41, 5.74) is 0. The smallest absolute Gasteiger partial charge is 0.328 e. The maximum Gasteiger partial charge on any atom is 0.328 e. The predicted molar refractivity (Wildman–Crippen MR) is 72.6 cm³/mol. The minimum absolute atomic E-state index is 0.0205. The summed E-state index contributed by atoms with van der Waals surface area (Å²) in [6, 6.07) is 0.549. The van der Waals surface area contributed by atoms with Crippen LogP contribution in [0.5, 0.6) is 0 Å². The van der Waals surface area contributed by atoms with Crippen LogP contribution in [-0.4, -0.2) is 49.2 Å². The number of carbonyl (C=O) groups excluding carboxylic acids is 3. The van der Waals surface area contributed by atoms with Crippen molar-refractivity contribution in [2.45, 2.75) is 44.9 Å². The lowest BCUT2D eigenvalue weighted by Gasteiger charge is -2.19. The van der Waals surface area contributed by atoms with Crippen LogP contribution < -0.4 is 5.32 Å². The summed E-state index contributed by atoms with van der Waals surface area (Å²) in [4.78, 5) is 34.7. The molecule has 0 heterocycles. The number of Topliss-reactive ketones (excluding diaryl/α,β-unsaturated/α-hetero) is 1. The Labute approximate surface area is 122 Å². The summed E-state index contributed by atoms with van der Waals surface area (Å²) in [5.74, 6) is -1.97. The van der Waals surface area contributed by atoms with Crippen molar-refractivity contribution in [3.63, 3.8) is 0 Å². The molecule has 0 saturated carbocycles. The third-order valence-electron chi connectivity index (χ3n) is 2.38. The molecule has 8 nitrogen and oxygen atoms in total. The molecule has 0 aromatic heterocycles. The Morgan fingerprint density at radius 2 is 2.00 bits per heavy atom. The summed E-state index contributed by atoms with van der Waals surface area (Å²) >= 11 is 0. The standard InChI is InChI=1S/C13H19N3O5/c1-8(2)21-13(19)10(5-4-9(17)6-14)16-12(18)11(7-15)20-3/h6,8,10-11,14H,4-5H2,1-3H3,(H,16,18)/t10-,11+/m0/s1. The van der Waals surface area contributed by atoms with Crippen molar-refractivity contribution in [3.05, 3.63) is 0 Å². The molecule has 2 atom stereocenters. The van der Waals surface area contributed by atoms with Crippen molar-refractivity contribution in [1.29, 1.82) is 10.7 Å². The van der Waals surface area contributed by atoms with Gasteiger partial charge in [-0.1, -0.05) is 0 Å². The van der Waals surface area contributed by atoms with Gasteiger partial charge >= 0.3 is 5.97 Å². The van der Waals surface area contributed by atoms with E-state index in [4.69, 9.17) is 15.4 Å². The van der Waals surface area contributed by atoms with Crippen LogP contribution in [-0.2, 0) is 23.9 Å². The number of esters is 1. The second-order valence-corrected chi connectivity index (χ2v) is 4.44. The van der Waals surface area contributed by atoms with Crippen LogP contribution in [0.4, 0.5) is 0 Å². The minimum Gasteiger partial charge on any atom is -0.461 e. The number of carbonyl (C=O) groups is 3. The van der Waals surface area contributed by atoms with Crippen LogP contribution in [0, 0.1) is 16.7 Å². The largest absolute Gasteiger partial charge is 0.461 e. The van der Waals surface area contributed by atoms with Gasteiger partial charge in [-0.25, -0.2) is 4.79 Å². The molecule has 0 aliphatic rings. The molecule has 0 aliphatic carbocycles. The van der Waals surface area contributed by atoms with Crippen molar-refractivity contribution in [2.24, 2.45) is 0 Å². The molecule has 1 amide bonds. The Balaban J connectivity index is 4.83. The van der Waals surface area contributed by atoms with Crippen LogP contribution in [0.1, 0.15) is 26.7 Å². The molecular formula is C13H19N3O5. The normalized spacial score (nSPS) is 12.9. The number of amides is 1. The molecule has 2 N–H and O–H groups in total. The Morgan fingerprint density at radius 1 is 1.38 bits per heavy atom. The average molecular weight is 297 g/mol. The van der Waals surface area contributed by atoms with E-state index in [1.807, 2.05) is 0 Å². The number of ether oxygens (including phenoxy) is 2. The Kier molecular flexibility index (Phi) is 8.57. The second kappa shape index (κ2) is 9.61. The fourth-order valence-electron chi connectivity index (χ4n) is 1.39. The van der Waals surface area contributed by atoms with Gasteiger partial charge in [-0.2, -0.15) is 5.26 Å². The fourth-order valence-corrected chi connectivity index (χ4v) is 1.39. The quantitative estimate of drug-likeness (QED) is 0.453. The number of hydrogen-bond acceptors (Lipinski definition) is 7. The molecule has 0 fully saturated rings. The second-order valence-electron chi connectivity index (χ2n) is 4.44. The molecule has 0 bridgehead atoms. The summed E-state index contributed by atoms with van der Waals surface area (Å²) in [6.07, 6.45) is -1.21. The number of ketones is 1. The highest BCUT2D eigenvalue weighted by Gasteiger charge is 2.27. The lowest BCUT2D eigenvalue weighted by molar-refractivity contribution is -0.152. The molecule has 0 aliphatic heterocycles. The van der Waals surface area contributed by atoms with Gasteiger partial charge in [-0.05, 0) is 20.3 Å². The van der Waals surface area contributed by atoms with Gasteiger partial charge < -0.3 is 20.2 Å². The van der Waals surface area contributed by atoms with E-state index in [-0.39, 0.29) is 18.9 Å². The first-order valence-electron chi connectivity index (χ1n) is 6.32. The minimum atomic E-state index is -1.35. The van der Waals surface area contributed by atoms with Crippen LogP contribution in [0.3, 0.4) is 0 Å². The molecule has 0 spiro atoms. The number of nitrogens with one attached hydrogen (secondary N) is 2. The van der Waals surface area contributed by atoms with Gasteiger partial charge in [-0.15, -0.1) is 0 Å². The van der Waals surface area contributed by atoms with E-state index in [2.05, 4.69) is 10.1 Å². The number of nitrogens with zero attached hydrogens (tertiary/aromatic N) is 1. The van der Waals surface area contributed by atoms with Crippen molar-refractivity contribution < 1.29 is 23.9 Å². The highest BCUT2D eigenvalue weighted by molar-refractivity contribution is 6.26. The van der Waals surface area contributed by atoms with Gasteiger partial charge in [0, 0.05) is 13.5 Å². The Hall–Kier alpha value is -2.27. The maximum absolute atomic E-state index is 11.9. The number of nitriles is 1. The number of rotatable bonds is 9. The van der Waals surface area contributed by atoms with E-state index in [0.29, 0.717) is 6.21 Å². The monoisotopic (exact) mass is 297 g/mol. The van der Waals surface area contributed by atoms with Crippen molar-refractivity contribution in [3.8, 4) is 6.07 Å². The first-order chi connectivity index (χ1) is 9.85. The van der Waals surface area contributed by atoms with Gasteiger partial charge in [0.25, 0.3) is 5.91 Å². The van der Waals surface area contributed by atoms with Gasteiger partial charge in [0.15, 0.2) is 5.78 Å². The maximum atomic E-state index is 11.9. The van der Waals surface area contributed by atoms with Crippen LogP contribution in [0.2, 0.25) is 0 Å². The summed E-state index contributed by atoms with van der Waals surface area (Å²) in [6.45, 7) is 3.29. The molecule has 0 saturated heterocycles. The molecule has 0 radical (unpaired) electrons. The first kappa shape index (κ1) is 18.7. The summed E-state index contributed by atoms with van der Waals surface area (Å²) in [7, 11) is 1.19. The van der Waals surface area contributed by atoms with E-state index in [1.165, 1.54) is 7.11 Å². The third-order valence-corrected chi connectivity index (χ3v) is 2.38. The molecule has 0 rings (SSSR count). The van der Waals surface area contributed by atoms with Crippen molar-refractivity contribution >= 4 is 23.9 Å². The van der Waals surface area contributed by atoms with Crippen molar-refractivity contribution in [2.75, 3.05) is 7.11 Å². The zero-order chi connectivity index (χ0) is 16.4. The van der Waals surface area contributed by atoms with Crippen LogP contribution in [0.25, 0.3) is 0 Å². The number of hydrogen-bond donors (Lipinski definition) is 2. The van der Waals surface area contributed by atoms with Gasteiger partial charge in [0.1, 0.15) is 12.1 Å². The molecule has 21 heavy (non-hydrogen) atoms. The van der Waals surface area contributed by atoms with Crippen molar-refractivity contribution in [1.82, 2.24) is 5.32 Å². The topological polar surface area (TPSA) is 129 Å². The molecule has 0 aromatic carbocycles. The first-order valence-corrected chi connectivity index (χ1v) is 6.32. The molecule has 0 unspecified atom stereocenters. The highest BCUT2D eigenvalue weighted by Crippen LogP contribution is 2.04. The zero-order valence-corrected chi connectivity index (χ0v) is 12.2. The average Bonchev–Trinajstić information content (AvgIpc) is 2.43. The lowest BCUT2D eigenvalue weighted by Crippen LogP contribution is -2.47. The van der Waals surface area contributed by atoms with E-state index in [0.717, 1.165) is 0 Å². The molecule has 8 heteroatoms. The lowest BCUT2D eigenvalue weighted by atomic mass is 10.1. The van der Waals surface area contributed by atoms with E-state index < -0.39 is 29.8 Å². The Morgan fingerprint density at radius 3 is 2.43 bits per heavy atom. The van der Waals surface area contributed by atoms with E-state index in [9.17, 15) is 14.4 Å². The summed E-state index contributed by atoms with van der Waals surface area (Å²) in [5, 5.41) is 17.8. The predicted octanol–water partition coefficient (Wildman–Crippen LogP) is -0.0397. The van der Waals surface area contributed by atoms with Gasteiger partial charge in [-0.3, -0.25) is 9.59 Å². The fraction of sp³-hybridized carbons (Fsp3) is 0.615. The van der Waals surface area contributed by atoms with E-state index >= 15 is 0 Å². The summed E-state index contributed by atoms with van der Waals surface area (Å²) < 4.78 is 9.62. The molecule has 0 aromatic rings. The SMILES string of the molecule is CO[C@H](C#N)C(=O)N[C@@H](CCC(=O)C=N)C(=O)OC(C)C. The zero-order valence-electron chi connectivity index (χ0n) is 12.2. The van der Waals surface area contributed by atoms with Gasteiger partial charge in [0.2, 0.25) is 6.10 Å². The van der Waals surface area contributed by atoms with Crippen LogP contribution >= 0.6 is 0 Å². The highest BCUT2D eigenvalue weighted by atomic mass is 16.5.